The number of hydrogen-bond acceptors (Lipinski definition) is 13. The molecule has 1 fully saturated rings. The smallest absolute Gasteiger partial charge is 0.411 e. The lowest BCUT2D eigenvalue weighted by molar-refractivity contribution is -0.169. The number of likely N-dealkylation sites (N-methyl/N-ethyl adjacent to an activating group) is 1. The van der Waals surface area contributed by atoms with Crippen LogP contribution in [0.15, 0.2) is 76.2 Å². The first-order chi connectivity index (χ1) is 26.5. The van der Waals surface area contributed by atoms with Crippen LogP contribution in [0.4, 0.5) is 10.5 Å². The Labute approximate surface area is 330 Å². The Morgan fingerprint density at radius 2 is 1.76 bits per heavy atom. The Morgan fingerprint density at radius 3 is 2.42 bits per heavy atom. The highest BCUT2D eigenvalue weighted by molar-refractivity contribution is 7.12. The fraction of sp³-hybridized carbons (Fsp3) is 0.359. The number of phenols is 1. The zero-order chi connectivity index (χ0) is 39.1. The van der Waals surface area contributed by atoms with E-state index in [1.165, 1.54) is 41.9 Å². The molecule has 1 amide bonds. The number of amides is 1. The van der Waals surface area contributed by atoms with E-state index in [9.17, 15) is 29.7 Å². The molecule has 13 nitrogen and oxygen atoms in total. The number of nitrogens with zero attached hydrogens (tertiary/aromatic N) is 1. The number of esters is 1. The number of anilines is 1. The lowest BCUT2D eigenvalue weighted by Gasteiger charge is -2.35. The van der Waals surface area contributed by atoms with Crippen LogP contribution in [0.5, 0.6) is 11.5 Å². The average molecular weight is 811 g/mol. The Hall–Kier alpha value is -4.48. The van der Waals surface area contributed by atoms with Gasteiger partial charge in [-0.25, -0.2) is 9.59 Å². The van der Waals surface area contributed by atoms with Crippen molar-refractivity contribution in [1.82, 2.24) is 15.2 Å². The van der Waals surface area contributed by atoms with Crippen LogP contribution in [-0.2, 0) is 26.4 Å². The van der Waals surface area contributed by atoms with Gasteiger partial charge in [-0.2, -0.15) is 0 Å². The molecule has 6 N–H and O–H groups in total. The number of aromatic hydroxyl groups is 1. The van der Waals surface area contributed by atoms with Crippen molar-refractivity contribution in [3.63, 3.8) is 0 Å². The lowest BCUT2D eigenvalue weighted by atomic mass is 9.91. The van der Waals surface area contributed by atoms with E-state index in [2.05, 4.69) is 20.5 Å². The van der Waals surface area contributed by atoms with E-state index in [0.717, 1.165) is 12.8 Å². The molecular formula is C39H43ClN4O9S2. The number of hydrogen-bond donors (Lipinski definition) is 6. The molecule has 2 aromatic carbocycles. The van der Waals surface area contributed by atoms with Gasteiger partial charge in [-0.3, -0.25) is 10.1 Å². The summed E-state index contributed by atoms with van der Waals surface area (Å²) in [6.45, 7) is 1.05. The van der Waals surface area contributed by atoms with Crippen LogP contribution in [0.1, 0.15) is 52.7 Å². The Kier molecular flexibility index (Phi) is 13.1. The van der Waals surface area contributed by atoms with Crippen LogP contribution in [0.3, 0.4) is 0 Å². The number of phenolic OH excluding ortho intramolecular Hbond substituents is 1. The van der Waals surface area contributed by atoms with Crippen LogP contribution in [0.25, 0.3) is 10.9 Å². The third kappa shape index (κ3) is 9.32. The number of halogens is 1. The third-order valence-electron chi connectivity index (χ3n) is 9.79. The van der Waals surface area contributed by atoms with Crippen LogP contribution in [0, 0.1) is 0 Å². The number of fused-ring (bicyclic) bond motifs is 1. The maximum absolute atomic E-state index is 13.3. The number of aliphatic hydroxyl groups is 2. The highest BCUT2D eigenvalue weighted by Crippen LogP contribution is 2.38. The normalized spacial score (nSPS) is 16.5. The monoisotopic (exact) mass is 810 g/mol. The fourth-order valence-corrected chi connectivity index (χ4v) is 8.71. The fourth-order valence-electron chi connectivity index (χ4n) is 6.76. The van der Waals surface area contributed by atoms with Crippen molar-refractivity contribution in [3.05, 3.63) is 108 Å². The standard InChI is InChI=1S/C39H43ClN4O9S2/c1-44(24-7-9-25(10-8-24)53-37(48)39(50,33-5-3-17-54-33)34-6-4-18-55-34)15-16-52-38(49)42-29-20-32(51-2)23(19-28(29)40)21-41-22-31(46)26-11-13-30(45)36-27(26)12-14-35(47)43-36/h3-6,11-14,17-20,24-25,31,41,45-46,50H,7-10,15-16,21-22H2,1-2H3,(H,42,49)(H,43,47). The summed E-state index contributed by atoms with van der Waals surface area (Å²) in [6.07, 6.45) is 0.933. The minimum atomic E-state index is -1.83. The van der Waals surface area contributed by atoms with Gasteiger partial charge < -0.3 is 44.7 Å². The largest absolute Gasteiger partial charge is 0.506 e. The van der Waals surface area contributed by atoms with E-state index >= 15 is 0 Å². The maximum Gasteiger partial charge on any atom is 0.411 e. The molecule has 292 valence electrons. The quantitative estimate of drug-likeness (QED) is 0.0671. The molecule has 1 aliphatic rings. The molecule has 1 aliphatic carbocycles. The molecule has 0 saturated heterocycles. The number of rotatable bonds is 15. The van der Waals surface area contributed by atoms with Gasteiger partial charge in [0.05, 0.1) is 39.2 Å². The van der Waals surface area contributed by atoms with E-state index < -0.39 is 23.8 Å². The first-order valence-electron chi connectivity index (χ1n) is 17.7. The van der Waals surface area contributed by atoms with Gasteiger partial charge in [0.1, 0.15) is 24.2 Å². The number of aliphatic hydroxyl groups excluding tert-OH is 1. The summed E-state index contributed by atoms with van der Waals surface area (Å²) in [5.74, 6) is -0.291. The summed E-state index contributed by atoms with van der Waals surface area (Å²) < 4.78 is 16.9. The summed E-state index contributed by atoms with van der Waals surface area (Å²) in [5, 5.41) is 42.9. The molecule has 1 atom stereocenters. The molecule has 16 heteroatoms. The second-order valence-corrected chi connectivity index (χ2v) is 15.6. The molecule has 0 spiro atoms. The van der Waals surface area contributed by atoms with Crippen molar-refractivity contribution in [2.75, 3.05) is 39.2 Å². The summed E-state index contributed by atoms with van der Waals surface area (Å²) in [4.78, 5) is 43.6. The third-order valence-corrected chi connectivity index (χ3v) is 12.1. The summed E-state index contributed by atoms with van der Waals surface area (Å²) >= 11 is 9.16. The van der Waals surface area contributed by atoms with Crippen LogP contribution >= 0.6 is 34.3 Å². The SMILES string of the molecule is COc1cc(NC(=O)OCCN(C)C2CCC(OC(=O)C(O)(c3cccs3)c3cccs3)CC2)c(Cl)cc1CNCC(O)c1ccc(O)c2[nH]c(=O)ccc12. The molecule has 5 aromatic rings. The van der Waals surface area contributed by atoms with E-state index in [4.69, 9.17) is 25.8 Å². The molecule has 3 heterocycles. The van der Waals surface area contributed by atoms with E-state index in [1.54, 1.807) is 48.5 Å². The second kappa shape index (κ2) is 18.0. The van der Waals surface area contributed by atoms with Gasteiger partial charge in [-0.15, -0.1) is 22.7 Å². The number of H-pyrrole nitrogens is 1. The summed E-state index contributed by atoms with van der Waals surface area (Å²) in [7, 11) is 3.46. The molecular weight excluding hydrogens is 768 g/mol. The number of benzene rings is 2. The van der Waals surface area contributed by atoms with Gasteiger partial charge in [-0.1, -0.05) is 29.8 Å². The van der Waals surface area contributed by atoms with Crippen molar-refractivity contribution < 1.29 is 39.1 Å². The Morgan fingerprint density at radius 1 is 1.05 bits per heavy atom. The number of thiophene rings is 2. The maximum atomic E-state index is 13.3. The van der Waals surface area contributed by atoms with Crippen molar-refractivity contribution in [2.24, 2.45) is 0 Å². The molecule has 1 unspecified atom stereocenters. The summed E-state index contributed by atoms with van der Waals surface area (Å²) in [5.41, 5.74) is -0.411. The van der Waals surface area contributed by atoms with Gasteiger partial charge >= 0.3 is 12.1 Å². The number of carbonyl (C=O) groups is 2. The highest BCUT2D eigenvalue weighted by atomic mass is 35.5. The van der Waals surface area contributed by atoms with Gasteiger partial charge in [-0.05, 0) is 79.4 Å². The van der Waals surface area contributed by atoms with Gasteiger partial charge in [0.15, 0.2) is 0 Å². The number of methoxy groups -OCH3 is 1. The average Bonchev–Trinajstić information content (AvgIpc) is 3.93. The van der Waals surface area contributed by atoms with Gasteiger partial charge in [0.2, 0.25) is 11.2 Å². The van der Waals surface area contributed by atoms with Crippen molar-refractivity contribution in [3.8, 4) is 11.5 Å². The number of aromatic nitrogens is 1. The van der Waals surface area contributed by atoms with Crippen LogP contribution < -0.4 is 20.9 Å². The topological polar surface area (TPSA) is 183 Å². The van der Waals surface area contributed by atoms with E-state index in [0.29, 0.717) is 57.1 Å². The molecule has 0 aliphatic heterocycles. The van der Waals surface area contributed by atoms with E-state index in [1.807, 2.05) is 17.8 Å². The Bertz CT molecular complexity index is 2100. The van der Waals surface area contributed by atoms with Gasteiger partial charge in [0.25, 0.3) is 0 Å². The highest BCUT2D eigenvalue weighted by Gasteiger charge is 2.45. The molecule has 6 rings (SSSR count). The number of pyridine rings is 1. The van der Waals surface area contributed by atoms with Crippen LogP contribution in [0.2, 0.25) is 5.02 Å². The lowest BCUT2D eigenvalue weighted by Crippen LogP contribution is -2.42. The number of ether oxygens (including phenoxy) is 3. The first kappa shape index (κ1) is 40.2. The zero-order valence-corrected chi connectivity index (χ0v) is 32.6. The first-order valence-corrected chi connectivity index (χ1v) is 19.9. The molecule has 1 saturated carbocycles. The molecule has 0 radical (unpaired) electrons. The zero-order valence-electron chi connectivity index (χ0n) is 30.2. The predicted molar refractivity (Wildman–Crippen MR) is 212 cm³/mol. The van der Waals surface area contributed by atoms with Crippen molar-refractivity contribution >= 4 is 62.9 Å². The second-order valence-electron chi connectivity index (χ2n) is 13.3. The van der Waals surface area contributed by atoms with Gasteiger partial charge in [0, 0.05) is 48.8 Å². The number of nitrogens with one attached hydrogen (secondary N) is 3. The van der Waals surface area contributed by atoms with Crippen molar-refractivity contribution in [1.29, 1.82) is 0 Å². The van der Waals surface area contributed by atoms with Crippen LogP contribution in [-0.4, -0.2) is 83.3 Å². The molecule has 55 heavy (non-hydrogen) atoms. The predicted octanol–water partition coefficient (Wildman–Crippen LogP) is 6.11. The number of carbonyl (C=O) groups excluding carboxylic acids is 2. The molecule has 0 bridgehead atoms. The minimum Gasteiger partial charge on any atom is -0.506 e. The minimum absolute atomic E-state index is 0.0896. The van der Waals surface area contributed by atoms with Crippen molar-refractivity contribution in [2.45, 2.75) is 56.1 Å². The molecule has 3 aromatic heterocycles. The summed E-state index contributed by atoms with van der Waals surface area (Å²) in [6, 6.07) is 16.5. The Balaban J connectivity index is 0.940. The van der Waals surface area contributed by atoms with E-state index in [-0.39, 0.29) is 53.7 Å². The number of aromatic amines is 1.